The van der Waals surface area contributed by atoms with Gasteiger partial charge in [-0.2, -0.15) is 0 Å². The van der Waals surface area contributed by atoms with Gasteiger partial charge in [-0.25, -0.2) is 8.78 Å². The van der Waals surface area contributed by atoms with Crippen LogP contribution in [-0.4, -0.2) is 42.8 Å². The van der Waals surface area contributed by atoms with Crippen LogP contribution in [0.3, 0.4) is 0 Å². The first-order valence-electron chi connectivity index (χ1n) is 6.65. The van der Waals surface area contributed by atoms with Crippen molar-refractivity contribution in [3.05, 3.63) is 29.3 Å². The third-order valence-corrected chi connectivity index (χ3v) is 3.82. The number of Topliss-reactive ketones (excluding diaryl/α,β-unsaturated/α-hetero) is 1. The molecule has 1 amide bonds. The maximum absolute atomic E-state index is 13.8. The van der Waals surface area contributed by atoms with Gasteiger partial charge in [0, 0.05) is 19.2 Å². The van der Waals surface area contributed by atoms with E-state index in [4.69, 9.17) is 0 Å². The number of hydrogen-bond donors (Lipinski definition) is 0. The van der Waals surface area contributed by atoms with E-state index in [0.29, 0.717) is 12.6 Å². The molecule has 4 nitrogen and oxygen atoms in total. The number of halogens is 2. The lowest BCUT2D eigenvalue weighted by Gasteiger charge is -2.21. The predicted octanol–water partition coefficient (Wildman–Crippen LogP) is 1.59. The molecule has 2 aliphatic rings. The highest BCUT2D eigenvalue weighted by atomic mass is 19.1. The first kappa shape index (κ1) is 13.2. The SMILES string of the molecule is O=C1C(=O)N(CCN2CCCC2)c2c(F)cc(F)cc21. The minimum Gasteiger partial charge on any atom is -0.302 e. The molecule has 0 aliphatic carbocycles. The lowest BCUT2D eigenvalue weighted by Crippen LogP contribution is -2.37. The second-order valence-electron chi connectivity index (χ2n) is 5.12. The number of ketones is 1. The van der Waals surface area contributed by atoms with Crippen molar-refractivity contribution in [2.24, 2.45) is 0 Å². The molecule has 2 aliphatic heterocycles. The summed E-state index contributed by atoms with van der Waals surface area (Å²) in [5, 5.41) is 0. The highest BCUT2D eigenvalue weighted by Gasteiger charge is 2.38. The van der Waals surface area contributed by atoms with Crippen LogP contribution >= 0.6 is 0 Å². The maximum Gasteiger partial charge on any atom is 0.299 e. The Morgan fingerprint density at radius 2 is 1.75 bits per heavy atom. The van der Waals surface area contributed by atoms with Crippen molar-refractivity contribution < 1.29 is 18.4 Å². The Bertz CT molecular complexity index is 583. The van der Waals surface area contributed by atoms with Crippen molar-refractivity contribution in [1.82, 2.24) is 4.90 Å². The molecule has 0 saturated carbocycles. The van der Waals surface area contributed by atoms with Crippen LogP contribution in [0, 0.1) is 11.6 Å². The zero-order valence-electron chi connectivity index (χ0n) is 10.9. The van der Waals surface area contributed by atoms with E-state index in [-0.39, 0.29) is 17.8 Å². The van der Waals surface area contributed by atoms with Crippen LogP contribution in [0.2, 0.25) is 0 Å². The summed E-state index contributed by atoms with van der Waals surface area (Å²) in [4.78, 5) is 27.0. The van der Waals surface area contributed by atoms with Crippen molar-refractivity contribution >= 4 is 17.4 Å². The molecule has 0 aromatic heterocycles. The number of amides is 1. The van der Waals surface area contributed by atoms with Gasteiger partial charge in [0.25, 0.3) is 11.7 Å². The Balaban J connectivity index is 1.85. The summed E-state index contributed by atoms with van der Waals surface area (Å²) < 4.78 is 27.0. The number of anilines is 1. The van der Waals surface area contributed by atoms with Crippen LogP contribution in [0.25, 0.3) is 0 Å². The van der Waals surface area contributed by atoms with Crippen molar-refractivity contribution in [3.63, 3.8) is 0 Å². The zero-order chi connectivity index (χ0) is 14.3. The van der Waals surface area contributed by atoms with E-state index in [1.807, 2.05) is 0 Å². The van der Waals surface area contributed by atoms with Crippen molar-refractivity contribution in [1.29, 1.82) is 0 Å². The van der Waals surface area contributed by atoms with Crippen molar-refractivity contribution in [2.45, 2.75) is 12.8 Å². The molecule has 1 saturated heterocycles. The Morgan fingerprint density at radius 3 is 2.45 bits per heavy atom. The summed E-state index contributed by atoms with van der Waals surface area (Å²) in [7, 11) is 0. The molecular weight excluding hydrogens is 266 g/mol. The molecular formula is C14H14F2N2O2. The molecule has 6 heteroatoms. The molecule has 0 unspecified atom stereocenters. The Labute approximate surface area is 115 Å². The molecule has 20 heavy (non-hydrogen) atoms. The first-order valence-corrected chi connectivity index (χ1v) is 6.65. The van der Waals surface area contributed by atoms with Crippen LogP contribution in [0.4, 0.5) is 14.5 Å². The number of benzene rings is 1. The highest BCUT2D eigenvalue weighted by molar-refractivity contribution is 6.52. The first-order chi connectivity index (χ1) is 9.58. The molecule has 2 heterocycles. The predicted molar refractivity (Wildman–Crippen MR) is 68.7 cm³/mol. The Kier molecular flexibility index (Phi) is 3.25. The molecule has 0 radical (unpaired) electrons. The van der Waals surface area contributed by atoms with Crippen LogP contribution in [-0.2, 0) is 4.79 Å². The van der Waals surface area contributed by atoms with E-state index >= 15 is 0 Å². The van der Waals surface area contributed by atoms with Gasteiger partial charge in [0.1, 0.15) is 5.82 Å². The van der Waals surface area contributed by atoms with E-state index in [9.17, 15) is 18.4 Å². The lowest BCUT2D eigenvalue weighted by atomic mass is 10.1. The third-order valence-electron chi connectivity index (χ3n) is 3.82. The largest absolute Gasteiger partial charge is 0.302 e. The molecule has 0 N–H and O–H groups in total. The highest BCUT2D eigenvalue weighted by Crippen LogP contribution is 2.32. The van der Waals surface area contributed by atoms with Gasteiger partial charge < -0.3 is 9.80 Å². The van der Waals surface area contributed by atoms with E-state index in [0.717, 1.165) is 36.9 Å². The fraction of sp³-hybridized carbons (Fsp3) is 0.429. The Hall–Kier alpha value is -1.82. The number of carbonyl (C=O) groups excluding carboxylic acids is 2. The number of rotatable bonds is 3. The fourth-order valence-corrected chi connectivity index (χ4v) is 2.81. The van der Waals surface area contributed by atoms with Crippen LogP contribution < -0.4 is 4.90 Å². The minimum absolute atomic E-state index is 0.0828. The number of nitrogens with zero attached hydrogens (tertiary/aromatic N) is 2. The molecule has 1 aromatic rings. The fourth-order valence-electron chi connectivity index (χ4n) is 2.81. The molecule has 1 aromatic carbocycles. The van der Waals surface area contributed by atoms with E-state index < -0.39 is 23.3 Å². The summed E-state index contributed by atoms with van der Waals surface area (Å²) in [6.45, 7) is 2.75. The minimum atomic E-state index is -0.861. The maximum atomic E-state index is 13.8. The number of carbonyl (C=O) groups is 2. The van der Waals surface area contributed by atoms with Crippen LogP contribution in [0.1, 0.15) is 23.2 Å². The molecule has 0 spiro atoms. The van der Waals surface area contributed by atoms with Crippen molar-refractivity contribution in [2.75, 3.05) is 31.1 Å². The molecule has 0 bridgehead atoms. The summed E-state index contributed by atoms with van der Waals surface area (Å²) in [5.74, 6) is -3.31. The average Bonchev–Trinajstić information content (AvgIpc) is 2.98. The molecule has 3 rings (SSSR count). The average molecular weight is 280 g/mol. The molecule has 1 fully saturated rings. The van der Waals surface area contributed by atoms with Crippen molar-refractivity contribution in [3.8, 4) is 0 Å². The third kappa shape index (κ3) is 2.10. The number of hydrogen-bond acceptors (Lipinski definition) is 3. The lowest BCUT2D eigenvalue weighted by molar-refractivity contribution is -0.114. The second-order valence-corrected chi connectivity index (χ2v) is 5.12. The van der Waals surface area contributed by atoms with Gasteiger partial charge in [-0.1, -0.05) is 0 Å². The van der Waals surface area contributed by atoms with Gasteiger partial charge >= 0.3 is 0 Å². The van der Waals surface area contributed by atoms with Gasteiger partial charge in [0.05, 0.1) is 11.3 Å². The van der Waals surface area contributed by atoms with Gasteiger partial charge in [0.2, 0.25) is 0 Å². The summed E-state index contributed by atoms with van der Waals surface area (Å²) in [5.41, 5.74) is -0.255. The van der Waals surface area contributed by atoms with Gasteiger partial charge in [0.15, 0.2) is 5.82 Å². The number of likely N-dealkylation sites (tertiary alicyclic amines) is 1. The smallest absolute Gasteiger partial charge is 0.299 e. The summed E-state index contributed by atoms with van der Waals surface area (Å²) in [6, 6.07) is 1.63. The summed E-state index contributed by atoms with van der Waals surface area (Å²) >= 11 is 0. The van der Waals surface area contributed by atoms with E-state index in [1.165, 1.54) is 0 Å². The number of fused-ring (bicyclic) bond motifs is 1. The van der Waals surface area contributed by atoms with Crippen LogP contribution in [0.5, 0.6) is 0 Å². The molecule has 0 atom stereocenters. The van der Waals surface area contributed by atoms with Gasteiger partial charge in [-0.05, 0) is 32.0 Å². The van der Waals surface area contributed by atoms with Gasteiger partial charge in [-0.15, -0.1) is 0 Å². The topological polar surface area (TPSA) is 40.6 Å². The zero-order valence-corrected chi connectivity index (χ0v) is 10.9. The van der Waals surface area contributed by atoms with E-state index in [1.54, 1.807) is 0 Å². The molecule has 106 valence electrons. The normalized spacial score (nSPS) is 19.0. The van der Waals surface area contributed by atoms with Gasteiger partial charge in [-0.3, -0.25) is 9.59 Å². The summed E-state index contributed by atoms with van der Waals surface area (Å²) in [6.07, 6.45) is 2.23. The monoisotopic (exact) mass is 280 g/mol. The second kappa shape index (κ2) is 4.94. The van der Waals surface area contributed by atoms with E-state index in [2.05, 4.69) is 4.90 Å². The standard InChI is InChI=1S/C14H14F2N2O2/c15-9-7-10-12(11(16)8-9)18(14(20)13(10)19)6-5-17-3-1-2-4-17/h7-8H,1-6H2. The quantitative estimate of drug-likeness (QED) is 0.789. The van der Waals surface area contributed by atoms with Crippen LogP contribution in [0.15, 0.2) is 12.1 Å². The Morgan fingerprint density at radius 1 is 1.05 bits per heavy atom.